The van der Waals surface area contributed by atoms with E-state index >= 15 is 0 Å². The minimum absolute atomic E-state index is 0.0657. The van der Waals surface area contributed by atoms with Crippen LogP contribution in [-0.4, -0.2) is 84.7 Å². The summed E-state index contributed by atoms with van der Waals surface area (Å²) in [5, 5.41) is 20.5. The molecule has 2 aromatic rings. The molecule has 1 aromatic carbocycles. The molecule has 1 aromatic heterocycles. The molecule has 0 unspecified atom stereocenters. The van der Waals surface area contributed by atoms with E-state index in [1.165, 1.54) is 7.11 Å². The number of alkyl halides is 2. The highest BCUT2D eigenvalue weighted by molar-refractivity contribution is 5.95. The second-order valence-electron chi connectivity index (χ2n) is 10.3. The van der Waals surface area contributed by atoms with Gasteiger partial charge in [-0.05, 0) is 64.0 Å². The number of amides is 1. The summed E-state index contributed by atoms with van der Waals surface area (Å²) in [4.78, 5) is 35.2. The van der Waals surface area contributed by atoms with Gasteiger partial charge in [-0.1, -0.05) is 12.8 Å². The molecule has 0 atom stereocenters. The molecule has 1 aliphatic heterocycles. The van der Waals surface area contributed by atoms with Crippen LogP contribution in [0.5, 0.6) is 5.75 Å². The smallest absolute Gasteiger partial charge is 0.376 e. The first-order valence-electron chi connectivity index (χ1n) is 13.5. The van der Waals surface area contributed by atoms with E-state index in [1.54, 1.807) is 25.2 Å². The number of halogens is 2. The monoisotopic (exact) mass is 561 g/mol. The lowest BCUT2D eigenvalue weighted by molar-refractivity contribution is -0.162. The molecule has 1 saturated heterocycles. The lowest BCUT2D eigenvalue weighted by Gasteiger charge is -2.29. The Bertz CT molecular complexity index is 1220. The van der Waals surface area contributed by atoms with E-state index in [0.29, 0.717) is 28.4 Å². The Morgan fingerprint density at radius 3 is 2.48 bits per heavy atom. The van der Waals surface area contributed by atoms with Crippen molar-refractivity contribution in [3.05, 3.63) is 29.5 Å². The molecule has 40 heavy (non-hydrogen) atoms. The predicted octanol–water partition coefficient (Wildman–Crippen LogP) is 3.88. The van der Waals surface area contributed by atoms with Gasteiger partial charge in [0.2, 0.25) is 5.95 Å². The number of hydrogen-bond donors (Lipinski definition) is 5. The highest BCUT2D eigenvalue weighted by atomic mass is 19.3. The Balaban J connectivity index is 1.59. The second-order valence-corrected chi connectivity index (χ2v) is 10.3. The summed E-state index contributed by atoms with van der Waals surface area (Å²) >= 11 is 0. The number of carboxylic acid groups (broad SMARTS) is 1. The average Bonchev–Trinajstić information content (AvgIpc) is 3.48. The Kier molecular flexibility index (Phi) is 9.23. The number of aliphatic carboxylic acids is 1. The minimum atomic E-state index is -3.98. The van der Waals surface area contributed by atoms with Crippen molar-refractivity contribution in [2.75, 3.05) is 56.8 Å². The van der Waals surface area contributed by atoms with Crippen LogP contribution in [0.4, 0.5) is 31.9 Å². The van der Waals surface area contributed by atoms with Gasteiger partial charge in [-0.2, -0.15) is 13.8 Å². The number of carboxylic acids is 1. The molecule has 5 N–H and O–H groups in total. The lowest BCUT2D eigenvalue weighted by atomic mass is 10.0. The third kappa shape index (κ3) is 6.87. The maximum absolute atomic E-state index is 13.9. The third-order valence-electron chi connectivity index (χ3n) is 7.48. The first-order chi connectivity index (χ1) is 19.1. The molecule has 1 aliphatic carbocycles. The number of ether oxygens (including phenoxy) is 1. The number of piperidine rings is 1. The van der Waals surface area contributed by atoms with E-state index in [2.05, 4.69) is 38.2 Å². The fourth-order valence-corrected chi connectivity index (χ4v) is 5.15. The topological polar surface area (TPSA) is 141 Å². The van der Waals surface area contributed by atoms with Gasteiger partial charge in [-0.25, -0.2) is 9.78 Å². The third-order valence-corrected chi connectivity index (χ3v) is 7.48. The van der Waals surface area contributed by atoms with Gasteiger partial charge in [0.1, 0.15) is 5.75 Å². The number of anilines is 4. The van der Waals surface area contributed by atoms with Gasteiger partial charge in [-0.3, -0.25) is 4.79 Å². The summed E-state index contributed by atoms with van der Waals surface area (Å²) in [5.41, 5.74) is 2.03. The number of aromatic nitrogens is 2. The van der Waals surface area contributed by atoms with Gasteiger partial charge >= 0.3 is 11.9 Å². The number of likely N-dealkylation sites (tertiary alicyclic amines) is 1. The van der Waals surface area contributed by atoms with Crippen molar-refractivity contribution in [2.45, 2.75) is 56.4 Å². The van der Waals surface area contributed by atoms with Crippen molar-refractivity contribution < 1.29 is 28.2 Å². The predicted molar refractivity (Wildman–Crippen MR) is 148 cm³/mol. The van der Waals surface area contributed by atoms with Crippen LogP contribution in [0.25, 0.3) is 0 Å². The molecular formula is C27H37F2N7O4. The van der Waals surface area contributed by atoms with Gasteiger partial charge in [0.25, 0.3) is 5.91 Å². The van der Waals surface area contributed by atoms with E-state index < -0.39 is 18.4 Å². The second kappa shape index (κ2) is 12.6. The molecule has 0 bridgehead atoms. The van der Waals surface area contributed by atoms with Crippen LogP contribution < -0.4 is 26.0 Å². The molecule has 4 rings (SSSR count). The van der Waals surface area contributed by atoms with Crippen molar-refractivity contribution in [3.63, 3.8) is 0 Å². The lowest BCUT2D eigenvalue weighted by Crippen LogP contribution is -2.43. The van der Waals surface area contributed by atoms with Crippen molar-refractivity contribution >= 4 is 35.0 Å². The molecule has 2 aliphatic rings. The largest absolute Gasteiger partial charge is 0.495 e. The van der Waals surface area contributed by atoms with Gasteiger partial charge in [0.05, 0.1) is 30.7 Å². The van der Waals surface area contributed by atoms with Crippen molar-refractivity contribution in [2.24, 2.45) is 0 Å². The number of hydrogen-bond acceptors (Lipinski definition) is 9. The number of carbonyl (C=O) groups excluding carboxylic acids is 1. The normalized spacial score (nSPS) is 16.9. The Morgan fingerprint density at radius 2 is 1.85 bits per heavy atom. The quantitative estimate of drug-likeness (QED) is 0.274. The van der Waals surface area contributed by atoms with Crippen molar-refractivity contribution in [1.29, 1.82) is 0 Å². The highest BCUT2D eigenvalue weighted by Crippen LogP contribution is 2.40. The maximum atomic E-state index is 13.9. The number of carbonyl (C=O) groups is 2. The summed E-state index contributed by atoms with van der Waals surface area (Å²) < 4.78 is 33.3. The number of nitrogens with zero attached hydrogens (tertiary/aromatic N) is 3. The molecule has 218 valence electrons. The van der Waals surface area contributed by atoms with Gasteiger partial charge in [0.15, 0.2) is 5.82 Å². The van der Waals surface area contributed by atoms with Crippen molar-refractivity contribution in [1.82, 2.24) is 20.2 Å². The summed E-state index contributed by atoms with van der Waals surface area (Å²) in [6, 6.07) is 5.08. The molecule has 2 fully saturated rings. The van der Waals surface area contributed by atoms with Crippen LogP contribution in [-0.2, 0) is 4.79 Å². The summed E-state index contributed by atoms with van der Waals surface area (Å²) in [6.45, 7) is 0.718. The Hall–Kier alpha value is -3.74. The van der Waals surface area contributed by atoms with Crippen LogP contribution in [0, 0.1) is 0 Å². The average molecular weight is 562 g/mol. The fourth-order valence-electron chi connectivity index (χ4n) is 5.15. The molecule has 13 heteroatoms. The zero-order valence-electron chi connectivity index (χ0n) is 23.0. The molecular weight excluding hydrogens is 524 g/mol. The fraction of sp³-hybridized carbons (Fsp3) is 0.556. The van der Waals surface area contributed by atoms with E-state index in [4.69, 9.17) is 14.8 Å². The zero-order valence-corrected chi connectivity index (χ0v) is 23.0. The van der Waals surface area contributed by atoms with E-state index in [1.807, 2.05) is 0 Å². The maximum Gasteiger partial charge on any atom is 0.376 e. The summed E-state index contributed by atoms with van der Waals surface area (Å²) in [6.07, 6.45) is 5.60. The van der Waals surface area contributed by atoms with Crippen LogP contribution >= 0.6 is 0 Å². The van der Waals surface area contributed by atoms with Crippen molar-refractivity contribution in [3.8, 4) is 5.75 Å². The van der Waals surface area contributed by atoms with Crippen LogP contribution in [0.15, 0.2) is 18.2 Å². The zero-order chi connectivity index (χ0) is 28.9. The minimum Gasteiger partial charge on any atom is -0.495 e. The van der Waals surface area contributed by atoms with E-state index in [-0.39, 0.29) is 29.6 Å². The number of benzene rings is 1. The van der Waals surface area contributed by atoms with Crippen LogP contribution in [0.3, 0.4) is 0 Å². The summed E-state index contributed by atoms with van der Waals surface area (Å²) in [7, 11) is 5.18. The molecule has 0 spiro atoms. The number of methoxy groups -OCH3 is 1. The van der Waals surface area contributed by atoms with Gasteiger partial charge in [-0.15, -0.1) is 0 Å². The number of nitrogens with one attached hydrogen (secondary N) is 4. The van der Waals surface area contributed by atoms with Gasteiger partial charge in [0, 0.05) is 24.6 Å². The SMILES string of the molecule is CNc1c(NCC(F)(F)C(=O)O)nc(Nc2ccc(C(=O)NC3CCN(C)CC3)cc2OC)nc1C1CCCC1. The summed E-state index contributed by atoms with van der Waals surface area (Å²) in [5.74, 6) is -5.72. The molecule has 11 nitrogen and oxygen atoms in total. The van der Waals surface area contributed by atoms with Gasteiger partial charge < -0.3 is 36.0 Å². The standard InChI is InChI=1S/C27H37F2N7O4/c1-30-22-21(16-6-4-5-7-16)34-26(35-23(22)31-15-27(28,29)25(38)39)33-19-9-8-17(14-20(19)40-3)24(37)32-18-10-12-36(2)13-11-18/h8-9,14,16,18,30H,4-7,10-13,15H2,1-3H3,(H,32,37)(H,38,39)(H2,31,33,34,35). The van der Waals surface area contributed by atoms with E-state index in [9.17, 15) is 18.4 Å². The Labute approximate surface area is 232 Å². The van der Waals surface area contributed by atoms with E-state index in [0.717, 1.165) is 51.6 Å². The Morgan fingerprint density at radius 1 is 1.15 bits per heavy atom. The molecule has 0 radical (unpaired) electrons. The number of rotatable bonds is 11. The first kappa shape index (κ1) is 29.2. The first-order valence-corrected chi connectivity index (χ1v) is 13.5. The molecule has 1 amide bonds. The van der Waals surface area contributed by atoms with Crippen LogP contribution in [0.1, 0.15) is 60.5 Å². The highest BCUT2D eigenvalue weighted by Gasteiger charge is 2.39. The molecule has 2 heterocycles. The molecule has 1 saturated carbocycles. The van der Waals surface area contributed by atoms with Crippen LogP contribution in [0.2, 0.25) is 0 Å².